The van der Waals surface area contributed by atoms with E-state index in [2.05, 4.69) is 5.32 Å². The largest absolute Gasteiger partial charge is 0.444 e. The number of ether oxygens (including phenoxy) is 1. The van der Waals surface area contributed by atoms with E-state index in [-0.39, 0.29) is 12.6 Å². The van der Waals surface area contributed by atoms with Crippen LogP contribution in [0.3, 0.4) is 0 Å². The van der Waals surface area contributed by atoms with Crippen LogP contribution in [0.5, 0.6) is 0 Å². The maximum absolute atomic E-state index is 11.4. The average molecular weight is 290 g/mol. The summed E-state index contributed by atoms with van der Waals surface area (Å²) in [5.41, 5.74) is -0.527. The number of carbonyl (C=O) groups excluding carboxylic acids is 2. The lowest BCUT2D eigenvalue weighted by molar-refractivity contribution is -0.110. The van der Waals surface area contributed by atoms with Gasteiger partial charge in [-0.05, 0) is 20.8 Å². The monoisotopic (exact) mass is 290 g/mol. The minimum Gasteiger partial charge on any atom is -0.444 e. The average Bonchev–Trinajstić information content (AvgIpc) is 2.71. The minimum atomic E-state index is -0.527. The van der Waals surface area contributed by atoms with Crippen LogP contribution in [0.2, 0.25) is 0 Å². The summed E-state index contributed by atoms with van der Waals surface area (Å²) in [6, 6.07) is -0.178. The zero-order valence-corrected chi connectivity index (χ0v) is 12.4. The first kappa shape index (κ1) is 15.2. The van der Waals surface area contributed by atoms with Crippen LogP contribution < -0.4 is 5.32 Å². The molecule has 0 saturated carbocycles. The molecule has 102 valence electrons. The van der Waals surface area contributed by atoms with Crippen LogP contribution in [0.25, 0.3) is 0 Å². The summed E-state index contributed by atoms with van der Waals surface area (Å²) in [5.74, 6) is 1.44. The molecule has 1 rings (SSSR count). The number of aldehydes is 1. The van der Waals surface area contributed by atoms with E-state index >= 15 is 0 Å². The van der Waals surface area contributed by atoms with E-state index in [0.29, 0.717) is 10.9 Å². The van der Waals surface area contributed by atoms with Crippen LogP contribution in [0, 0.1) is 0 Å². The number of amides is 1. The molecule has 7 heteroatoms. The summed E-state index contributed by atoms with van der Waals surface area (Å²) in [6.45, 7) is 5.61. The van der Waals surface area contributed by atoms with Gasteiger partial charge in [0.15, 0.2) is 0 Å². The molecule has 1 heterocycles. The quantitative estimate of drug-likeness (QED) is 0.626. The molecule has 0 aromatic carbocycles. The van der Waals surface area contributed by atoms with Crippen molar-refractivity contribution in [1.29, 1.82) is 0 Å². The predicted octanol–water partition coefficient (Wildman–Crippen LogP) is 1.41. The molecule has 1 N–H and O–H groups in total. The van der Waals surface area contributed by atoms with Crippen LogP contribution in [0.4, 0.5) is 4.79 Å². The number of hydrogen-bond donors (Lipinski definition) is 1. The minimum absolute atomic E-state index is 0.178. The molecule has 1 atom stereocenters. The number of nitrogens with zero attached hydrogens (tertiary/aromatic N) is 1. The van der Waals surface area contributed by atoms with Gasteiger partial charge < -0.3 is 19.7 Å². The molecule has 1 aliphatic heterocycles. The Morgan fingerprint density at radius 2 is 2.28 bits per heavy atom. The van der Waals surface area contributed by atoms with Gasteiger partial charge in [-0.1, -0.05) is 12.2 Å². The van der Waals surface area contributed by atoms with Gasteiger partial charge in [-0.2, -0.15) is 0 Å². The van der Waals surface area contributed by atoms with Gasteiger partial charge in [0.25, 0.3) is 0 Å². The predicted molar refractivity (Wildman–Crippen MR) is 75.9 cm³/mol. The Morgan fingerprint density at radius 3 is 2.83 bits per heavy atom. The fourth-order valence-electron chi connectivity index (χ4n) is 1.39. The van der Waals surface area contributed by atoms with Gasteiger partial charge in [-0.25, -0.2) is 4.79 Å². The van der Waals surface area contributed by atoms with Crippen molar-refractivity contribution < 1.29 is 14.3 Å². The topological polar surface area (TPSA) is 58.6 Å². The number of nitrogens with one attached hydrogen (secondary N) is 1. The van der Waals surface area contributed by atoms with Crippen molar-refractivity contribution in [2.45, 2.75) is 32.4 Å². The smallest absolute Gasteiger partial charge is 0.408 e. The van der Waals surface area contributed by atoms with Crippen LogP contribution in [0.15, 0.2) is 0 Å². The molecule has 1 aliphatic rings. The van der Waals surface area contributed by atoms with Crippen molar-refractivity contribution >= 4 is 41.3 Å². The van der Waals surface area contributed by atoms with E-state index in [1.54, 1.807) is 32.5 Å². The van der Waals surface area contributed by atoms with Crippen molar-refractivity contribution in [3.05, 3.63) is 0 Å². The molecule has 1 amide bonds. The number of hydrogen-bond acceptors (Lipinski definition) is 5. The highest BCUT2D eigenvalue weighted by atomic mass is 32.2. The lowest BCUT2D eigenvalue weighted by Crippen LogP contribution is -2.43. The summed E-state index contributed by atoms with van der Waals surface area (Å²) >= 11 is 6.85. The van der Waals surface area contributed by atoms with Crippen LogP contribution in [-0.4, -0.2) is 52.1 Å². The third-order valence-corrected chi connectivity index (χ3v) is 3.60. The van der Waals surface area contributed by atoms with Gasteiger partial charge >= 0.3 is 6.09 Å². The Labute approximate surface area is 117 Å². The molecule has 0 bridgehead atoms. The second-order valence-electron chi connectivity index (χ2n) is 4.92. The van der Waals surface area contributed by atoms with Crippen LogP contribution >= 0.6 is 24.0 Å². The highest BCUT2D eigenvalue weighted by molar-refractivity contribution is 7.99. The van der Waals surface area contributed by atoms with E-state index in [4.69, 9.17) is 17.0 Å². The van der Waals surface area contributed by atoms with Crippen molar-refractivity contribution in [2.75, 3.05) is 18.2 Å². The molecular weight excluding hydrogens is 272 g/mol. The van der Waals surface area contributed by atoms with Crippen LogP contribution in [-0.2, 0) is 9.53 Å². The maximum atomic E-state index is 11.4. The molecule has 0 aromatic heterocycles. The molecule has 1 fully saturated rings. The lowest BCUT2D eigenvalue weighted by atomic mass is 10.2. The summed E-state index contributed by atoms with van der Waals surface area (Å²) in [6.07, 6.45) is 0.388. The number of thioether (sulfide) groups is 1. The van der Waals surface area contributed by atoms with E-state index < -0.39 is 11.7 Å². The number of alkyl carbamates (subject to hydrolysis) is 1. The molecule has 0 aromatic rings. The van der Waals surface area contributed by atoms with Crippen LogP contribution in [0.1, 0.15) is 20.8 Å². The van der Waals surface area contributed by atoms with Crippen molar-refractivity contribution in [2.24, 2.45) is 0 Å². The Hall–Kier alpha value is -0.820. The summed E-state index contributed by atoms with van der Waals surface area (Å²) in [4.78, 5) is 24.6. The molecule has 0 radical (unpaired) electrons. The highest BCUT2D eigenvalue weighted by Gasteiger charge is 2.26. The van der Waals surface area contributed by atoms with Crippen molar-refractivity contribution in [1.82, 2.24) is 10.2 Å². The number of thiocarbonyl (C=S) groups is 1. The molecule has 0 spiro atoms. The fourth-order valence-corrected chi connectivity index (χ4v) is 2.89. The second kappa shape index (κ2) is 6.38. The summed E-state index contributed by atoms with van der Waals surface area (Å²) in [5, 5.41) is 2.59. The molecule has 18 heavy (non-hydrogen) atoms. The first-order valence-electron chi connectivity index (χ1n) is 5.63. The van der Waals surface area contributed by atoms with E-state index in [1.807, 2.05) is 4.90 Å². The first-order valence-corrected chi connectivity index (χ1v) is 7.19. The van der Waals surface area contributed by atoms with E-state index in [0.717, 1.165) is 12.0 Å². The molecular formula is C11H18N2O3S2. The zero-order valence-electron chi connectivity index (χ0n) is 10.8. The second-order valence-corrected chi connectivity index (χ2v) is 6.39. The zero-order chi connectivity index (χ0) is 13.8. The van der Waals surface area contributed by atoms with E-state index in [1.165, 1.54) is 0 Å². The Bertz CT molecular complexity index is 342. The fraction of sp³-hybridized carbons (Fsp3) is 0.727. The molecule has 1 saturated heterocycles. The van der Waals surface area contributed by atoms with Gasteiger partial charge in [0.05, 0.1) is 23.5 Å². The third kappa shape index (κ3) is 4.81. The molecule has 5 nitrogen and oxygen atoms in total. The maximum Gasteiger partial charge on any atom is 0.408 e. The van der Waals surface area contributed by atoms with Gasteiger partial charge in [0.1, 0.15) is 11.9 Å². The normalized spacial score (nSPS) is 19.5. The first-order chi connectivity index (χ1) is 8.33. The Balaban J connectivity index is 2.37. The van der Waals surface area contributed by atoms with Gasteiger partial charge in [-0.3, -0.25) is 0 Å². The highest BCUT2D eigenvalue weighted by Crippen LogP contribution is 2.19. The standard InChI is InChI=1S/C11H18N2O3S2/c1-11(2,3)16-10(15)12-4-9(17)13-7-18-6-8(13)5-14/h5,8H,4,6-7H2,1-3H3,(H,12,15)/t8-/m0/s1. The molecule has 0 aliphatic carbocycles. The number of rotatable bonds is 3. The van der Waals surface area contributed by atoms with E-state index in [9.17, 15) is 9.59 Å². The molecule has 0 unspecified atom stereocenters. The third-order valence-electron chi connectivity index (χ3n) is 2.18. The van der Waals surface area contributed by atoms with Gasteiger partial charge in [0.2, 0.25) is 0 Å². The SMILES string of the molecule is CC(C)(C)OC(=O)NCC(=S)N1CSC[C@@H]1C=O. The lowest BCUT2D eigenvalue weighted by Gasteiger charge is -2.24. The Kier molecular flexibility index (Phi) is 5.40. The van der Waals surface area contributed by atoms with Crippen molar-refractivity contribution in [3.63, 3.8) is 0 Å². The Morgan fingerprint density at radius 1 is 1.61 bits per heavy atom. The van der Waals surface area contributed by atoms with Crippen molar-refractivity contribution in [3.8, 4) is 0 Å². The summed E-state index contributed by atoms with van der Waals surface area (Å²) < 4.78 is 5.10. The van der Waals surface area contributed by atoms with Gasteiger partial charge in [0, 0.05) is 5.75 Å². The summed E-state index contributed by atoms with van der Waals surface area (Å²) in [7, 11) is 0. The van der Waals surface area contributed by atoms with Gasteiger partial charge in [-0.15, -0.1) is 11.8 Å². The number of carbonyl (C=O) groups is 2.